The summed E-state index contributed by atoms with van der Waals surface area (Å²) < 4.78 is 10.6. The molecule has 17 heavy (non-hydrogen) atoms. The molecule has 2 bridgehead atoms. The van der Waals surface area contributed by atoms with Crippen molar-refractivity contribution < 1.29 is 14.3 Å². The van der Waals surface area contributed by atoms with E-state index in [4.69, 9.17) is 21.1 Å². The highest BCUT2D eigenvalue weighted by molar-refractivity contribution is 6.32. The van der Waals surface area contributed by atoms with Crippen molar-refractivity contribution in [3.05, 3.63) is 28.8 Å². The van der Waals surface area contributed by atoms with Crippen LogP contribution in [0, 0.1) is 0 Å². The fourth-order valence-corrected chi connectivity index (χ4v) is 2.76. The highest BCUT2D eigenvalue weighted by atomic mass is 35.5. The molecule has 0 spiro atoms. The lowest BCUT2D eigenvalue weighted by Gasteiger charge is -2.27. The van der Waals surface area contributed by atoms with Crippen LogP contribution in [0.4, 0.5) is 0 Å². The maximum absolute atomic E-state index is 11.5. The number of nitrogens with one attached hydrogen (secondary N) is 1. The zero-order valence-corrected chi connectivity index (χ0v) is 10.1. The minimum Gasteiger partial charge on any atom is -0.495 e. The maximum Gasteiger partial charge on any atom is 0.324 e. The third kappa shape index (κ3) is 1.51. The van der Waals surface area contributed by atoms with Gasteiger partial charge in [-0.1, -0.05) is 17.7 Å². The Balaban J connectivity index is 2.00. The topological polar surface area (TPSA) is 47.6 Å². The zero-order valence-electron chi connectivity index (χ0n) is 9.33. The summed E-state index contributed by atoms with van der Waals surface area (Å²) in [5.74, 6) is 0.446. The third-order valence-electron chi connectivity index (χ3n) is 3.43. The molecule has 0 saturated carbocycles. The van der Waals surface area contributed by atoms with Gasteiger partial charge in [0.25, 0.3) is 0 Å². The van der Waals surface area contributed by atoms with Gasteiger partial charge >= 0.3 is 5.97 Å². The van der Waals surface area contributed by atoms with E-state index in [1.165, 1.54) is 0 Å². The van der Waals surface area contributed by atoms with E-state index in [0.29, 0.717) is 23.7 Å². The Hall–Kier alpha value is -1.26. The van der Waals surface area contributed by atoms with Gasteiger partial charge in [-0.25, -0.2) is 0 Å². The maximum atomic E-state index is 11.5. The molecule has 2 unspecified atom stereocenters. The third-order valence-corrected chi connectivity index (χ3v) is 3.72. The van der Waals surface area contributed by atoms with Crippen molar-refractivity contribution in [3.63, 3.8) is 0 Å². The highest BCUT2D eigenvalue weighted by Crippen LogP contribution is 2.42. The van der Waals surface area contributed by atoms with Crippen LogP contribution in [0.25, 0.3) is 0 Å². The molecular formula is C12H12ClNO3. The van der Waals surface area contributed by atoms with Gasteiger partial charge in [0.15, 0.2) is 5.60 Å². The van der Waals surface area contributed by atoms with Gasteiger partial charge in [-0.05, 0) is 17.7 Å². The zero-order chi connectivity index (χ0) is 12.0. The lowest BCUT2D eigenvalue weighted by Crippen LogP contribution is -2.40. The van der Waals surface area contributed by atoms with Crippen LogP contribution in [0.3, 0.4) is 0 Å². The molecule has 2 fully saturated rings. The molecule has 2 heterocycles. The Morgan fingerprint density at radius 2 is 2.41 bits per heavy atom. The van der Waals surface area contributed by atoms with E-state index in [0.717, 1.165) is 5.56 Å². The van der Waals surface area contributed by atoms with Crippen molar-refractivity contribution in [2.24, 2.45) is 0 Å². The molecule has 4 nitrogen and oxygen atoms in total. The average molecular weight is 254 g/mol. The van der Waals surface area contributed by atoms with E-state index in [2.05, 4.69) is 5.32 Å². The summed E-state index contributed by atoms with van der Waals surface area (Å²) in [6, 6.07) is 5.33. The smallest absolute Gasteiger partial charge is 0.324 e. The summed E-state index contributed by atoms with van der Waals surface area (Å²) in [6.07, 6.45) is 0.675. The Morgan fingerprint density at radius 1 is 1.59 bits per heavy atom. The largest absolute Gasteiger partial charge is 0.495 e. The van der Waals surface area contributed by atoms with E-state index in [1.54, 1.807) is 13.2 Å². The molecule has 2 aliphatic heterocycles. The molecule has 2 saturated heterocycles. The van der Waals surface area contributed by atoms with Crippen molar-refractivity contribution >= 4 is 17.6 Å². The number of carbonyl (C=O) groups is 1. The molecule has 2 atom stereocenters. The Morgan fingerprint density at radius 3 is 2.94 bits per heavy atom. The standard InChI is InChI=1S/C12H12ClNO3/c1-16-10-3-2-7(4-8(10)13)12-5-9(14-6-12)11(15)17-12/h2-4,9,14H,5-6H2,1H3. The van der Waals surface area contributed by atoms with Crippen molar-refractivity contribution in [2.75, 3.05) is 13.7 Å². The van der Waals surface area contributed by atoms with Gasteiger partial charge in [-0.2, -0.15) is 0 Å². The van der Waals surface area contributed by atoms with Crippen LogP contribution < -0.4 is 10.1 Å². The van der Waals surface area contributed by atoms with Crippen molar-refractivity contribution in [2.45, 2.75) is 18.1 Å². The minimum atomic E-state index is -0.544. The van der Waals surface area contributed by atoms with Gasteiger partial charge in [0.05, 0.1) is 12.1 Å². The summed E-state index contributed by atoms with van der Waals surface area (Å²) in [6.45, 7) is 0.645. The van der Waals surface area contributed by atoms with E-state index in [1.807, 2.05) is 12.1 Å². The number of morpholine rings is 1. The summed E-state index contributed by atoms with van der Waals surface area (Å²) in [7, 11) is 1.57. The summed E-state index contributed by atoms with van der Waals surface area (Å²) >= 11 is 6.09. The van der Waals surface area contributed by atoms with Crippen LogP contribution in [-0.2, 0) is 15.1 Å². The molecule has 0 aliphatic carbocycles. The second kappa shape index (κ2) is 3.62. The molecule has 3 rings (SSSR count). The molecule has 0 radical (unpaired) electrons. The quantitative estimate of drug-likeness (QED) is 0.811. The van der Waals surface area contributed by atoms with Gasteiger partial charge < -0.3 is 9.47 Å². The molecule has 90 valence electrons. The molecule has 0 amide bonds. The van der Waals surface area contributed by atoms with Gasteiger partial charge in [0.2, 0.25) is 0 Å². The number of benzene rings is 1. The SMILES string of the molecule is COc1ccc(C23CNC(C2)C(=O)O3)cc1Cl. The first-order chi connectivity index (χ1) is 8.14. The molecule has 1 N–H and O–H groups in total. The summed E-state index contributed by atoms with van der Waals surface area (Å²) in [5.41, 5.74) is 0.377. The van der Waals surface area contributed by atoms with Crippen LogP contribution in [0.15, 0.2) is 18.2 Å². The number of ether oxygens (including phenoxy) is 2. The average Bonchev–Trinajstić information content (AvgIpc) is 2.87. The van der Waals surface area contributed by atoms with Crippen LogP contribution in [0.1, 0.15) is 12.0 Å². The normalized spacial score (nSPS) is 30.5. The number of rotatable bonds is 2. The van der Waals surface area contributed by atoms with Gasteiger partial charge in [0, 0.05) is 13.0 Å². The molecule has 1 aromatic rings. The van der Waals surface area contributed by atoms with Crippen LogP contribution in [0.2, 0.25) is 5.02 Å². The van der Waals surface area contributed by atoms with E-state index < -0.39 is 5.60 Å². The number of methoxy groups -OCH3 is 1. The Bertz CT molecular complexity index is 491. The number of hydrogen-bond acceptors (Lipinski definition) is 4. The first kappa shape index (κ1) is 10.9. The molecule has 2 aliphatic rings. The van der Waals surface area contributed by atoms with E-state index in [-0.39, 0.29) is 12.0 Å². The predicted octanol–water partition coefficient (Wildman–Crippen LogP) is 1.46. The Labute approximate surface area is 104 Å². The van der Waals surface area contributed by atoms with Crippen LogP contribution in [-0.4, -0.2) is 25.7 Å². The summed E-state index contributed by atoms with van der Waals surface area (Å²) in [5, 5.41) is 3.68. The Kier molecular flexibility index (Phi) is 2.31. The molecular weight excluding hydrogens is 242 g/mol. The monoisotopic (exact) mass is 253 g/mol. The molecule has 5 heteroatoms. The van der Waals surface area contributed by atoms with Gasteiger partial charge in [0.1, 0.15) is 11.8 Å². The van der Waals surface area contributed by atoms with Crippen LogP contribution in [0.5, 0.6) is 5.75 Å². The van der Waals surface area contributed by atoms with Crippen molar-refractivity contribution in [3.8, 4) is 5.75 Å². The minimum absolute atomic E-state index is 0.170. The number of hydrogen-bond donors (Lipinski definition) is 1. The fraction of sp³-hybridized carbons (Fsp3) is 0.417. The summed E-state index contributed by atoms with van der Waals surface area (Å²) in [4.78, 5) is 11.5. The predicted molar refractivity (Wildman–Crippen MR) is 62.2 cm³/mol. The van der Waals surface area contributed by atoms with Crippen molar-refractivity contribution in [1.29, 1.82) is 0 Å². The molecule has 1 aromatic carbocycles. The molecule has 0 aromatic heterocycles. The number of fused-ring (bicyclic) bond motifs is 2. The van der Waals surface area contributed by atoms with Gasteiger partial charge in [-0.3, -0.25) is 10.1 Å². The van der Waals surface area contributed by atoms with Gasteiger partial charge in [-0.15, -0.1) is 0 Å². The lowest BCUT2D eigenvalue weighted by molar-refractivity contribution is -0.153. The van der Waals surface area contributed by atoms with Crippen LogP contribution >= 0.6 is 11.6 Å². The number of carbonyl (C=O) groups excluding carboxylic acids is 1. The lowest BCUT2D eigenvalue weighted by atomic mass is 9.93. The van der Waals surface area contributed by atoms with E-state index >= 15 is 0 Å². The first-order valence-electron chi connectivity index (χ1n) is 5.45. The van der Waals surface area contributed by atoms with Crippen molar-refractivity contribution in [1.82, 2.24) is 5.32 Å². The second-order valence-corrected chi connectivity index (χ2v) is 4.81. The fourth-order valence-electron chi connectivity index (χ4n) is 2.50. The number of halogens is 1. The first-order valence-corrected chi connectivity index (χ1v) is 5.83. The van der Waals surface area contributed by atoms with E-state index in [9.17, 15) is 4.79 Å². The number of esters is 1. The second-order valence-electron chi connectivity index (χ2n) is 4.40. The highest BCUT2D eigenvalue weighted by Gasteiger charge is 2.53.